The van der Waals surface area contributed by atoms with Gasteiger partial charge in [-0.1, -0.05) is 24.3 Å². The highest BCUT2D eigenvalue weighted by atomic mass is 16.5. The Bertz CT molecular complexity index is 841. The molecule has 26 heavy (non-hydrogen) atoms. The van der Waals surface area contributed by atoms with Gasteiger partial charge in [0.15, 0.2) is 5.78 Å². The fraction of sp³-hybridized carbons (Fsp3) is 0.333. The summed E-state index contributed by atoms with van der Waals surface area (Å²) >= 11 is 0. The van der Waals surface area contributed by atoms with Gasteiger partial charge in [-0.05, 0) is 36.8 Å². The molecule has 1 saturated heterocycles. The number of amides is 1. The zero-order chi connectivity index (χ0) is 18.1. The third-order valence-electron chi connectivity index (χ3n) is 5.32. The van der Waals surface area contributed by atoms with Crippen molar-refractivity contribution in [1.82, 2.24) is 5.01 Å². The van der Waals surface area contributed by atoms with Crippen LogP contribution in [0.25, 0.3) is 0 Å². The number of Topliss-reactive ketones (excluding diaryl/α,β-unsaturated/α-hetero) is 1. The Morgan fingerprint density at radius 3 is 2.62 bits per heavy atom. The van der Waals surface area contributed by atoms with Crippen molar-refractivity contribution in [2.45, 2.75) is 31.8 Å². The number of nitrogens with zero attached hydrogens (tertiary/aromatic N) is 2. The summed E-state index contributed by atoms with van der Waals surface area (Å²) in [5, 5.41) is 3.69. The molecule has 0 unspecified atom stereocenters. The number of hydrogen-bond acceptors (Lipinski definition) is 4. The molecular weight excluding hydrogens is 328 g/mol. The summed E-state index contributed by atoms with van der Waals surface area (Å²) in [5.74, 6) is 0.828. The predicted octanol–water partition coefficient (Wildman–Crippen LogP) is 3.37. The van der Waals surface area contributed by atoms with Crippen LogP contribution in [0.2, 0.25) is 0 Å². The van der Waals surface area contributed by atoms with Gasteiger partial charge in [-0.2, -0.15) is 0 Å². The lowest BCUT2D eigenvalue weighted by atomic mass is 9.83. The molecule has 5 nitrogen and oxygen atoms in total. The highest BCUT2D eigenvalue weighted by Gasteiger charge is 2.43. The van der Waals surface area contributed by atoms with Crippen LogP contribution in [0.3, 0.4) is 0 Å². The number of ketones is 1. The van der Waals surface area contributed by atoms with Crippen molar-refractivity contribution in [3.8, 4) is 5.75 Å². The van der Waals surface area contributed by atoms with Gasteiger partial charge in [0.25, 0.3) is 0 Å². The molecular formula is C21H22N2O3. The van der Waals surface area contributed by atoms with E-state index in [1.165, 1.54) is 0 Å². The first kappa shape index (κ1) is 16.8. The number of rotatable bonds is 3. The quantitative estimate of drug-likeness (QED) is 0.797. The molecule has 2 aliphatic rings. The minimum Gasteiger partial charge on any atom is -0.486 e. The summed E-state index contributed by atoms with van der Waals surface area (Å²) in [6.07, 6.45) is 2.69. The molecule has 0 radical (unpaired) electrons. The van der Waals surface area contributed by atoms with Crippen LogP contribution in [-0.2, 0) is 4.79 Å². The minimum absolute atomic E-state index is 0.145. The summed E-state index contributed by atoms with van der Waals surface area (Å²) in [5.41, 5.74) is 2.20. The molecule has 0 aromatic heterocycles. The Balaban J connectivity index is 1.50. The Morgan fingerprint density at radius 2 is 1.88 bits per heavy atom. The van der Waals surface area contributed by atoms with E-state index in [0.717, 1.165) is 17.7 Å². The number of carbonyl (C=O) groups is 2. The van der Waals surface area contributed by atoms with Crippen LogP contribution in [0.5, 0.6) is 5.75 Å². The highest BCUT2D eigenvalue weighted by Crippen LogP contribution is 2.39. The van der Waals surface area contributed by atoms with Crippen molar-refractivity contribution >= 4 is 17.9 Å². The Labute approximate surface area is 153 Å². The predicted molar refractivity (Wildman–Crippen MR) is 99.3 cm³/mol. The monoisotopic (exact) mass is 350 g/mol. The average Bonchev–Trinajstić information content (AvgIpc) is 2.64. The lowest BCUT2D eigenvalue weighted by Crippen LogP contribution is -2.55. The van der Waals surface area contributed by atoms with Crippen molar-refractivity contribution in [2.24, 2.45) is 0 Å². The maximum Gasteiger partial charge on any atom is 0.228 e. The molecule has 1 spiro atoms. The molecule has 0 saturated carbocycles. The summed E-state index contributed by atoms with van der Waals surface area (Å²) in [4.78, 5) is 24.2. The zero-order valence-corrected chi connectivity index (χ0v) is 14.9. The number of fused-ring (bicyclic) bond motifs is 1. The largest absolute Gasteiger partial charge is 0.486 e. The van der Waals surface area contributed by atoms with Crippen LogP contribution in [0.1, 0.15) is 35.2 Å². The molecule has 4 rings (SSSR count). The number of piperidine rings is 1. The van der Waals surface area contributed by atoms with Gasteiger partial charge in [0.05, 0.1) is 17.7 Å². The molecule has 0 bridgehead atoms. The van der Waals surface area contributed by atoms with E-state index in [0.29, 0.717) is 43.7 Å². The second-order valence-electron chi connectivity index (χ2n) is 7.12. The molecule has 2 aliphatic heterocycles. The summed E-state index contributed by atoms with van der Waals surface area (Å²) < 4.78 is 6.26. The maximum atomic E-state index is 12.5. The first-order chi connectivity index (χ1) is 12.6. The number of para-hydroxylation sites is 1. The normalized spacial score (nSPS) is 18.9. The molecule has 0 aliphatic carbocycles. The summed E-state index contributed by atoms with van der Waals surface area (Å²) in [6.45, 7) is 3.35. The van der Waals surface area contributed by atoms with Crippen molar-refractivity contribution < 1.29 is 14.3 Å². The number of ether oxygens (including phenoxy) is 1. The maximum absolute atomic E-state index is 12.5. The van der Waals surface area contributed by atoms with Gasteiger partial charge in [-0.15, -0.1) is 0 Å². The molecule has 5 heteroatoms. The topological polar surface area (TPSA) is 49.9 Å². The second-order valence-corrected chi connectivity index (χ2v) is 7.12. The van der Waals surface area contributed by atoms with E-state index in [2.05, 4.69) is 0 Å². The Kier molecular flexibility index (Phi) is 4.24. The molecule has 0 N–H and O–H groups in total. The third-order valence-corrected chi connectivity index (χ3v) is 5.32. The van der Waals surface area contributed by atoms with Gasteiger partial charge in [-0.25, -0.2) is 10.0 Å². The third kappa shape index (κ3) is 2.99. The fourth-order valence-electron chi connectivity index (χ4n) is 3.90. The van der Waals surface area contributed by atoms with Gasteiger partial charge in [-0.3, -0.25) is 9.59 Å². The van der Waals surface area contributed by atoms with E-state index in [4.69, 9.17) is 4.74 Å². The van der Waals surface area contributed by atoms with Crippen LogP contribution in [0, 0.1) is 6.92 Å². The van der Waals surface area contributed by atoms with E-state index >= 15 is 0 Å². The van der Waals surface area contributed by atoms with Crippen LogP contribution >= 0.6 is 0 Å². The number of benzene rings is 2. The average molecular weight is 350 g/mol. The fourth-order valence-corrected chi connectivity index (χ4v) is 3.90. The standard InChI is InChI=1S/C21H22N2O3/c1-16-5-4-6-17(13-16)23(15-24)22-11-9-21(10-12-22)14-19(25)18-7-2-3-8-20(18)26-21/h2-8,13,15H,9-12,14H2,1H3. The van der Waals surface area contributed by atoms with Crippen LogP contribution in [-0.4, -0.2) is 35.9 Å². The summed E-state index contributed by atoms with van der Waals surface area (Å²) in [7, 11) is 0. The summed E-state index contributed by atoms with van der Waals surface area (Å²) in [6, 6.07) is 15.3. The number of aryl methyl sites for hydroxylation is 1. The van der Waals surface area contributed by atoms with Gasteiger partial charge < -0.3 is 4.74 Å². The van der Waals surface area contributed by atoms with Crippen molar-refractivity contribution in [3.05, 3.63) is 59.7 Å². The second kappa shape index (κ2) is 6.57. The molecule has 2 aromatic carbocycles. The minimum atomic E-state index is -0.455. The number of anilines is 1. The molecule has 2 aromatic rings. The number of hydrazine groups is 1. The van der Waals surface area contributed by atoms with Gasteiger partial charge in [0, 0.05) is 25.9 Å². The van der Waals surface area contributed by atoms with E-state index in [9.17, 15) is 9.59 Å². The van der Waals surface area contributed by atoms with E-state index in [-0.39, 0.29) is 5.78 Å². The van der Waals surface area contributed by atoms with Gasteiger partial charge in [0.1, 0.15) is 11.4 Å². The van der Waals surface area contributed by atoms with Gasteiger partial charge in [0.2, 0.25) is 6.41 Å². The van der Waals surface area contributed by atoms with E-state index in [1.807, 2.05) is 60.5 Å². The lowest BCUT2D eigenvalue weighted by molar-refractivity contribution is -0.111. The van der Waals surface area contributed by atoms with Crippen LogP contribution < -0.4 is 9.75 Å². The van der Waals surface area contributed by atoms with Gasteiger partial charge >= 0.3 is 0 Å². The highest BCUT2D eigenvalue weighted by molar-refractivity contribution is 6.00. The first-order valence-corrected chi connectivity index (χ1v) is 8.98. The smallest absolute Gasteiger partial charge is 0.228 e. The Morgan fingerprint density at radius 1 is 1.12 bits per heavy atom. The lowest BCUT2D eigenvalue weighted by Gasteiger charge is -2.45. The van der Waals surface area contributed by atoms with Crippen molar-refractivity contribution in [3.63, 3.8) is 0 Å². The molecule has 1 fully saturated rings. The molecule has 134 valence electrons. The first-order valence-electron chi connectivity index (χ1n) is 8.98. The number of hydrogen-bond donors (Lipinski definition) is 0. The molecule has 1 amide bonds. The molecule has 2 heterocycles. The Hall–Kier alpha value is -2.66. The zero-order valence-electron chi connectivity index (χ0n) is 14.9. The van der Waals surface area contributed by atoms with Crippen molar-refractivity contribution in [1.29, 1.82) is 0 Å². The van der Waals surface area contributed by atoms with E-state index in [1.54, 1.807) is 5.01 Å². The van der Waals surface area contributed by atoms with Crippen LogP contribution in [0.15, 0.2) is 48.5 Å². The van der Waals surface area contributed by atoms with Crippen molar-refractivity contribution in [2.75, 3.05) is 18.1 Å². The number of carbonyl (C=O) groups excluding carboxylic acids is 2. The SMILES string of the molecule is Cc1cccc(N(C=O)N2CCC3(CC2)CC(=O)c2ccccc2O3)c1. The van der Waals surface area contributed by atoms with Crippen LogP contribution in [0.4, 0.5) is 5.69 Å². The van der Waals surface area contributed by atoms with E-state index < -0.39 is 5.60 Å². The molecule has 0 atom stereocenters.